The monoisotopic (exact) mass is 419 g/mol. The van der Waals surface area contributed by atoms with Crippen molar-refractivity contribution < 1.29 is 23.5 Å². The number of ether oxygens (including phenoxy) is 1. The third-order valence-electron chi connectivity index (χ3n) is 4.70. The molecule has 0 bridgehead atoms. The van der Waals surface area contributed by atoms with E-state index >= 15 is 0 Å². The number of carbonyl (C=O) groups excluding carboxylic acids is 3. The number of amides is 4. The molecule has 1 aliphatic rings. The summed E-state index contributed by atoms with van der Waals surface area (Å²) in [5.41, 5.74) is -0.405. The van der Waals surface area contributed by atoms with Crippen LogP contribution in [0.25, 0.3) is 0 Å². The zero-order valence-electron chi connectivity index (χ0n) is 15.8. The van der Waals surface area contributed by atoms with Crippen LogP contribution in [0, 0.1) is 5.82 Å². The van der Waals surface area contributed by atoms with Crippen LogP contribution in [0.2, 0.25) is 5.02 Å². The van der Waals surface area contributed by atoms with E-state index in [0.29, 0.717) is 5.75 Å². The number of rotatable bonds is 6. The number of imide groups is 1. The molecular formula is C20H19ClFN3O4. The summed E-state index contributed by atoms with van der Waals surface area (Å²) >= 11 is 6.05. The lowest BCUT2D eigenvalue weighted by Gasteiger charge is -2.23. The van der Waals surface area contributed by atoms with Crippen molar-refractivity contribution in [1.82, 2.24) is 15.5 Å². The van der Waals surface area contributed by atoms with Crippen LogP contribution in [0.4, 0.5) is 9.18 Å². The Kier molecular flexibility index (Phi) is 5.74. The van der Waals surface area contributed by atoms with Gasteiger partial charge in [0.2, 0.25) is 5.91 Å². The first kappa shape index (κ1) is 20.6. The van der Waals surface area contributed by atoms with Crippen molar-refractivity contribution >= 4 is 29.4 Å². The van der Waals surface area contributed by atoms with Crippen molar-refractivity contribution in [2.45, 2.75) is 19.0 Å². The Hall–Kier alpha value is -3.13. The van der Waals surface area contributed by atoms with E-state index in [1.165, 1.54) is 13.0 Å². The van der Waals surface area contributed by atoms with Gasteiger partial charge in [-0.3, -0.25) is 14.5 Å². The molecule has 0 aliphatic carbocycles. The Morgan fingerprint density at radius 1 is 1.24 bits per heavy atom. The van der Waals surface area contributed by atoms with E-state index in [2.05, 4.69) is 10.6 Å². The van der Waals surface area contributed by atoms with E-state index in [4.69, 9.17) is 16.3 Å². The first-order chi connectivity index (χ1) is 13.7. The van der Waals surface area contributed by atoms with E-state index in [0.717, 1.165) is 22.6 Å². The molecule has 29 heavy (non-hydrogen) atoms. The second-order valence-corrected chi connectivity index (χ2v) is 7.10. The first-order valence-electron chi connectivity index (χ1n) is 8.74. The molecule has 4 amide bonds. The van der Waals surface area contributed by atoms with Gasteiger partial charge in [0.15, 0.2) is 0 Å². The quantitative estimate of drug-likeness (QED) is 0.704. The highest BCUT2D eigenvalue weighted by molar-refractivity contribution is 6.32. The molecule has 0 saturated carbocycles. The number of hydrogen-bond acceptors (Lipinski definition) is 4. The average Bonchev–Trinajstić information content (AvgIpc) is 2.90. The van der Waals surface area contributed by atoms with Gasteiger partial charge in [-0.15, -0.1) is 0 Å². The minimum atomic E-state index is -1.49. The predicted octanol–water partition coefficient (Wildman–Crippen LogP) is 2.57. The molecule has 1 heterocycles. The van der Waals surface area contributed by atoms with E-state index in [9.17, 15) is 18.8 Å². The van der Waals surface area contributed by atoms with E-state index < -0.39 is 35.7 Å². The first-order valence-corrected chi connectivity index (χ1v) is 9.11. The van der Waals surface area contributed by atoms with Gasteiger partial charge in [0.05, 0.1) is 7.11 Å². The molecule has 0 aromatic heterocycles. The van der Waals surface area contributed by atoms with Crippen LogP contribution in [0.15, 0.2) is 42.5 Å². The molecule has 9 heteroatoms. The molecule has 7 nitrogen and oxygen atoms in total. The molecule has 1 atom stereocenters. The van der Waals surface area contributed by atoms with Crippen molar-refractivity contribution in [3.63, 3.8) is 0 Å². The molecule has 2 N–H and O–H groups in total. The fourth-order valence-electron chi connectivity index (χ4n) is 3.06. The van der Waals surface area contributed by atoms with Gasteiger partial charge < -0.3 is 15.4 Å². The lowest BCUT2D eigenvalue weighted by atomic mass is 9.92. The SMILES string of the molecule is COc1ccc(CNC(=O)CN2C(=O)NC(C)(c3ccc(F)cc3Cl)C2=O)cc1. The topological polar surface area (TPSA) is 87.7 Å². The van der Waals surface area contributed by atoms with Crippen LogP contribution >= 0.6 is 11.6 Å². The van der Waals surface area contributed by atoms with E-state index in [1.807, 2.05) is 0 Å². The Balaban J connectivity index is 1.67. The van der Waals surface area contributed by atoms with Crippen LogP contribution in [-0.2, 0) is 21.7 Å². The zero-order chi connectivity index (χ0) is 21.2. The van der Waals surface area contributed by atoms with Crippen LogP contribution in [0.1, 0.15) is 18.1 Å². The second kappa shape index (κ2) is 8.08. The largest absolute Gasteiger partial charge is 0.497 e. The maximum Gasteiger partial charge on any atom is 0.325 e. The molecule has 1 aliphatic heterocycles. The molecule has 2 aromatic carbocycles. The van der Waals surface area contributed by atoms with Gasteiger partial charge in [0, 0.05) is 17.1 Å². The fourth-order valence-corrected chi connectivity index (χ4v) is 3.42. The number of nitrogens with zero attached hydrogens (tertiary/aromatic N) is 1. The van der Waals surface area contributed by atoms with Crippen LogP contribution in [-0.4, -0.2) is 36.4 Å². The molecule has 3 rings (SSSR count). The van der Waals surface area contributed by atoms with Gasteiger partial charge in [-0.1, -0.05) is 29.8 Å². The van der Waals surface area contributed by atoms with Crippen molar-refractivity contribution in [3.05, 3.63) is 64.4 Å². The molecule has 1 fully saturated rings. The second-order valence-electron chi connectivity index (χ2n) is 6.70. The summed E-state index contributed by atoms with van der Waals surface area (Å²) in [7, 11) is 1.56. The van der Waals surface area contributed by atoms with Crippen molar-refractivity contribution in [3.8, 4) is 5.75 Å². The van der Waals surface area contributed by atoms with E-state index in [-0.39, 0.29) is 17.1 Å². The van der Waals surface area contributed by atoms with Crippen LogP contribution in [0.5, 0.6) is 5.75 Å². The molecule has 152 valence electrons. The number of urea groups is 1. The van der Waals surface area contributed by atoms with Gasteiger partial charge in [0.25, 0.3) is 5.91 Å². The number of carbonyl (C=O) groups is 3. The fraction of sp³-hybridized carbons (Fsp3) is 0.250. The Bertz CT molecular complexity index is 967. The highest BCUT2D eigenvalue weighted by atomic mass is 35.5. The number of benzene rings is 2. The maximum atomic E-state index is 13.3. The van der Waals surface area contributed by atoms with Gasteiger partial charge in [-0.2, -0.15) is 0 Å². The molecule has 1 saturated heterocycles. The summed E-state index contributed by atoms with van der Waals surface area (Å²) in [4.78, 5) is 38.2. The summed E-state index contributed by atoms with van der Waals surface area (Å²) in [5.74, 6) is -1.01. The van der Waals surface area contributed by atoms with Crippen molar-refractivity contribution in [1.29, 1.82) is 0 Å². The smallest absolute Gasteiger partial charge is 0.325 e. The standard InChI is InChI=1S/C20H19ClFN3O4/c1-20(15-8-5-13(22)9-16(15)21)18(27)25(19(28)24-20)11-17(26)23-10-12-3-6-14(29-2)7-4-12/h3-9H,10-11H2,1-2H3,(H,23,26)(H,24,28). The van der Waals surface area contributed by atoms with Gasteiger partial charge in [-0.25, -0.2) is 9.18 Å². The number of halogens is 2. The minimum Gasteiger partial charge on any atom is -0.497 e. The minimum absolute atomic E-state index is 0.00644. The van der Waals surface area contributed by atoms with Crippen molar-refractivity contribution in [2.75, 3.05) is 13.7 Å². The maximum absolute atomic E-state index is 13.3. The molecular weight excluding hydrogens is 401 g/mol. The molecule has 0 radical (unpaired) electrons. The molecule has 0 spiro atoms. The summed E-state index contributed by atoms with van der Waals surface area (Å²) in [6.07, 6.45) is 0. The van der Waals surface area contributed by atoms with E-state index in [1.54, 1.807) is 31.4 Å². The summed E-state index contributed by atoms with van der Waals surface area (Å²) in [6.45, 7) is 1.24. The lowest BCUT2D eigenvalue weighted by molar-refractivity contribution is -0.134. The highest BCUT2D eigenvalue weighted by Crippen LogP contribution is 2.33. The van der Waals surface area contributed by atoms with Crippen LogP contribution in [0.3, 0.4) is 0 Å². The molecule has 1 unspecified atom stereocenters. The summed E-state index contributed by atoms with van der Waals surface area (Å²) < 4.78 is 18.4. The van der Waals surface area contributed by atoms with Crippen molar-refractivity contribution in [2.24, 2.45) is 0 Å². The Labute approximate surface area is 171 Å². The van der Waals surface area contributed by atoms with Crippen LogP contribution < -0.4 is 15.4 Å². The van der Waals surface area contributed by atoms with Gasteiger partial charge >= 0.3 is 6.03 Å². The Morgan fingerprint density at radius 3 is 2.55 bits per heavy atom. The highest BCUT2D eigenvalue weighted by Gasteiger charge is 2.50. The third-order valence-corrected chi connectivity index (χ3v) is 5.01. The molecule has 2 aromatic rings. The summed E-state index contributed by atoms with van der Waals surface area (Å²) in [5, 5.41) is 5.20. The predicted molar refractivity (Wildman–Crippen MR) is 104 cm³/mol. The summed E-state index contributed by atoms with van der Waals surface area (Å²) in [6, 6.07) is 9.93. The normalized spacial score (nSPS) is 18.6. The van der Waals surface area contributed by atoms with Gasteiger partial charge in [0.1, 0.15) is 23.7 Å². The number of hydrogen-bond donors (Lipinski definition) is 2. The third kappa shape index (κ3) is 4.17. The lowest BCUT2D eigenvalue weighted by Crippen LogP contribution is -2.43. The average molecular weight is 420 g/mol. The number of nitrogens with one attached hydrogen (secondary N) is 2. The Morgan fingerprint density at radius 2 is 1.93 bits per heavy atom. The zero-order valence-corrected chi connectivity index (χ0v) is 16.5. The van der Waals surface area contributed by atoms with Gasteiger partial charge in [-0.05, 0) is 36.8 Å². The number of methoxy groups -OCH3 is 1.